The normalized spacial score (nSPS) is 12.7. The van der Waals surface area contributed by atoms with Crippen LogP contribution in [0.4, 0.5) is 0 Å². The Hall–Kier alpha value is -1.37. The van der Waals surface area contributed by atoms with Crippen molar-refractivity contribution >= 4 is 45.3 Å². The Balaban J connectivity index is 3.10. The highest BCUT2D eigenvalue weighted by Gasteiger charge is 2.22. The van der Waals surface area contributed by atoms with Gasteiger partial charge >= 0.3 is 0 Å². The van der Waals surface area contributed by atoms with Gasteiger partial charge in [-0.15, -0.1) is 0 Å². The number of allylic oxidation sites excluding steroid dienone is 1. The summed E-state index contributed by atoms with van der Waals surface area (Å²) in [6.07, 6.45) is 2.78. The summed E-state index contributed by atoms with van der Waals surface area (Å²) in [6.45, 7) is 3.19. The van der Waals surface area contributed by atoms with E-state index in [0.29, 0.717) is 5.02 Å². The van der Waals surface area contributed by atoms with Crippen LogP contribution in [0, 0.1) is 0 Å². The summed E-state index contributed by atoms with van der Waals surface area (Å²) in [5.74, 6) is -0.836. The molecule has 0 aliphatic carbocycles. The average molecular weight is 335 g/mol. The van der Waals surface area contributed by atoms with Crippen LogP contribution in [0.1, 0.15) is 13.8 Å². The van der Waals surface area contributed by atoms with E-state index in [1.165, 1.54) is 30.5 Å². The molecule has 8 heteroatoms. The molecule has 0 saturated heterocycles. The van der Waals surface area contributed by atoms with E-state index in [2.05, 4.69) is 4.99 Å². The molecule has 0 unspecified atom stereocenters. The van der Waals surface area contributed by atoms with Gasteiger partial charge in [-0.2, -0.15) is 0 Å². The number of sulfonamides is 1. The van der Waals surface area contributed by atoms with Crippen LogP contribution in [-0.4, -0.2) is 20.5 Å². The molecule has 20 heavy (non-hydrogen) atoms. The van der Waals surface area contributed by atoms with Crippen molar-refractivity contribution in [3.05, 3.63) is 40.0 Å². The number of rotatable bonds is 4. The summed E-state index contributed by atoms with van der Waals surface area (Å²) in [4.78, 5) is 15.3. The highest BCUT2D eigenvalue weighted by atomic mass is 35.5. The van der Waals surface area contributed by atoms with Crippen LogP contribution in [0.5, 0.6) is 0 Å². The minimum absolute atomic E-state index is 0.0128. The Morgan fingerprint density at radius 3 is 2.45 bits per heavy atom. The molecule has 5 nitrogen and oxygen atoms in total. The third-order valence-electron chi connectivity index (χ3n) is 2.18. The SMILES string of the molecule is CC=N/C(=C\C)C(=O)NS(=O)(=O)c1ccc(Cl)cc1Cl. The molecule has 0 atom stereocenters. The second-order valence-electron chi connectivity index (χ2n) is 3.57. The minimum atomic E-state index is -4.09. The Morgan fingerprint density at radius 1 is 1.30 bits per heavy atom. The Bertz CT molecular complexity index is 682. The number of halogens is 2. The Labute approximate surface area is 127 Å². The first kappa shape index (κ1) is 16.7. The highest BCUT2D eigenvalue weighted by molar-refractivity contribution is 7.90. The lowest BCUT2D eigenvalue weighted by atomic mass is 10.4. The second-order valence-corrected chi connectivity index (χ2v) is 6.07. The van der Waals surface area contributed by atoms with Gasteiger partial charge < -0.3 is 0 Å². The number of aliphatic imine (C=N–C) groups is 1. The van der Waals surface area contributed by atoms with Gasteiger partial charge in [-0.3, -0.25) is 9.79 Å². The summed E-state index contributed by atoms with van der Waals surface area (Å²) in [6, 6.07) is 3.87. The molecule has 0 aromatic heterocycles. The molecule has 1 aromatic rings. The molecule has 0 fully saturated rings. The van der Waals surface area contributed by atoms with E-state index >= 15 is 0 Å². The fourth-order valence-corrected chi connectivity index (χ4v) is 3.06. The standard InChI is InChI=1S/C12H12Cl2N2O3S/c1-3-10(15-4-2)12(17)16-20(18,19)11-6-5-8(13)7-9(11)14/h3-7H,1-2H3,(H,16,17)/b10-3-,15-4?. The molecule has 0 aliphatic heterocycles. The monoisotopic (exact) mass is 334 g/mol. The van der Waals surface area contributed by atoms with Crippen LogP contribution in [0.25, 0.3) is 0 Å². The van der Waals surface area contributed by atoms with E-state index in [4.69, 9.17) is 23.2 Å². The van der Waals surface area contributed by atoms with Crippen molar-refractivity contribution in [2.75, 3.05) is 0 Å². The Morgan fingerprint density at radius 2 is 1.95 bits per heavy atom. The van der Waals surface area contributed by atoms with Gasteiger partial charge in [0.2, 0.25) is 0 Å². The maximum atomic E-state index is 12.1. The number of hydrogen-bond acceptors (Lipinski definition) is 4. The number of benzene rings is 1. The number of hydrogen-bond donors (Lipinski definition) is 1. The van der Waals surface area contributed by atoms with E-state index < -0.39 is 15.9 Å². The van der Waals surface area contributed by atoms with Crippen molar-refractivity contribution in [1.29, 1.82) is 0 Å². The fourth-order valence-electron chi connectivity index (χ4n) is 1.33. The fraction of sp³-hybridized carbons (Fsp3) is 0.167. The largest absolute Gasteiger partial charge is 0.283 e. The highest BCUT2D eigenvalue weighted by Crippen LogP contribution is 2.24. The van der Waals surface area contributed by atoms with Crippen molar-refractivity contribution in [1.82, 2.24) is 4.72 Å². The maximum Gasteiger partial charge on any atom is 0.283 e. The molecule has 0 radical (unpaired) electrons. The van der Waals surface area contributed by atoms with Gasteiger partial charge in [-0.1, -0.05) is 29.3 Å². The molecular weight excluding hydrogens is 323 g/mol. The van der Waals surface area contributed by atoms with Gasteiger partial charge in [0.1, 0.15) is 10.6 Å². The van der Waals surface area contributed by atoms with Crippen molar-refractivity contribution < 1.29 is 13.2 Å². The third-order valence-corrected chi connectivity index (χ3v) is 4.23. The molecule has 0 aliphatic rings. The predicted molar refractivity (Wildman–Crippen MR) is 79.7 cm³/mol. The van der Waals surface area contributed by atoms with Crippen LogP contribution in [0.2, 0.25) is 10.0 Å². The van der Waals surface area contributed by atoms with Crippen molar-refractivity contribution in [2.45, 2.75) is 18.7 Å². The number of carbonyl (C=O) groups is 1. The molecule has 1 N–H and O–H groups in total. The zero-order valence-corrected chi connectivity index (χ0v) is 13.1. The first-order valence-electron chi connectivity index (χ1n) is 5.49. The van der Waals surface area contributed by atoms with Crippen LogP contribution in [0.15, 0.2) is 39.9 Å². The van der Waals surface area contributed by atoms with Gasteiger partial charge in [-0.05, 0) is 32.0 Å². The predicted octanol–water partition coefficient (Wildman–Crippen LogP) is 2.79. The van der Waals surface area contributed by atoms with E-state index in [0.717, 1.165) is 0 Å². The topological polar surface area (TPSA) is 75.6 Å². The molecule has 0 heterocycles. The molecule has 0 saturated carbocycles. The molecule has 1 aromatic carbocycles. The van der Waals surface area contributed by atoms with E-state index in [1.807, 2.05) is 4.72 Å². The zero-order chi connectivity index (χ0) is 15.3. The third kappa shape index (κ3) is 4.06. The molecule has 0 spiro atoms. The van der Waals surface area contributed by atoms with Gasteiger partial charge in [0.25, 0.3) is 15.9 Å². The van der Waals surface area contributed by atoms with Crippen molar-refractivity contribution in [3.63, 3.8) is 0 Å². The zero-order valence-electron chi connectivity index (χ0n) is 10.7. The molecule has 1 amide bonds. The summed E-state index contributed by atoms with van der Waals surface area (Å²) in [7, 11) is -4.09. The lowest BCUT2D eigenvalue weighted by molar-refractivity contribution is -0.115. The summed E-state index contributed by atoms with van der Waals surface area (Å²) < 4.78 is 26.0. The molecule has 1 rings (SSSR count). The molecular formula is C12H12Cl2N2O3S. The smallest absolute Gasteiger partial charge is 0.266 e. The summed E-state index contributed by atoms with van der Waals surface area (Å²) >= 11 is 11.5. The first-order chi connectivity index (χ1) is 9.31. The van der Waals surface area contributed by atoms with E-state index in [-0.39, 0.29) is 15.6 Å². The summed E-state index contributed by atoms with van der Waals surface area (Å²) in [5.41, 5.74) is -0.0128. The minimum Gasteiger partial charge on any atom is -0.266 e. The Kier molecular flexibility index (Phi) is 5.74. The van der Waals surface area contributed by atoms with Gasteiger partial charge in [0.05, 0.1) is 5.02 Å². The van der Waals surface area contributed by atoms with Crippen molar-refractivity contribution in [3.8, 4) is 0 Å². The van der Waals surface area contributed by atoms with Crippen LogP contribution in [-0.2, 0) is 14.8 Å². The number of nitrogens with one attached hydrogen (secondary N) is 1. The molecule has 0 bridgehead atoms. The van der Waals surface area contributed by atoms with Crippen LogP contribution in [0.3, 0.4) is 0 Å². The van der Waals surface area contributed by atoms with Gasteiger partial charge in [0, 0.05) is 11.2 Å². The summed E-state index contributed by atoms with van der Waals surface area (Å²) in [5, 5.41) is 0.226. The second kappa shape index (κ2) is 6.88. The molecule has 108 valence electrons. The maximum absolute atomic E-state index is 12.1. The number of nitrogens with zero attached hydrogens (tertiary/aromatic N) is 1. The quantitative estimate of drug-likeness (QED) is 0.679. The number of carbonyl (C=O) groups excluding carboxylic acids is 1. The van der Waals surface area contributed by atoms with Gasteiger partial charge in [-0.25, -0.2) is 13.1 Å². The lowest BCUT2D eigenvalue weighted by Gasteiger charge is -2.08. The first-order valence-corrected chi connectivity index (χ1v) is 7.73. The lowest BCUT2D eigenvalue weighted by Crippen LogP contribution is -2.31. The van der Waals surface area contributed by atoms with Crippen LogP contribution >= 0.6 is 23.2 Å². The van der Waals surface area contributed by atoms with Gasteiger partial charge in [0.15, 0.2) is 0 Å². The number of amides is 1. The van der Waals surface area contributed by atoms with E-state index in [1.54, 1.807) is 13.8 Å². The van der Waals surface area contributed by atoms with E-state index in [9.17, 15) is 13.2 Å². The average Bonchev–Trinajstić information content (AvgIpc) is 2.34. The van der Waals surface area contributed by atoms with Crippen molar-refractivity contribution in [2.24, 2.45) is 4.99 Å². The van der Waals surface area contributed by atoms with Crippen LogP contribution < -0.4 is 4.72 Å².